The van der Waals surface area contributed by atoms with Crippen molar-refractivity contribution in [3.63, 3.8) is 0 Å². The molecule has 3 atom stereocenters. The van der Waals surface area contributed by atoms with E-state index in [0.717, 1.165) is 38.9 Å². The van der Waals surface area contributed by atoms with Crippen molar-refractivity contribution >= 4 is 5.91 Å². The van der Waals surface area contributed by atoms with Gasteiger partial charge in [0.25, 0.3) is 0 Å². The molecule has 0 bridgehead atoms. The van der Waals surface area contributed by atoms with Crippen LogP contribution in [-0.4, -0.2) is 58.6 Å². The normalized spacial score (nSPS) is 23.9. The Balaban J connectivity index is 2.70. The highest BCUT2D eigenvalue weighted by molar-refractivity contribution is 5.81. The van der Waals surface area contributed by atoms with Crippen molar-refractivity contribution in [2.45, 2.75) is 71.6 Å². The maximum atomic E-state index is 12.5. The Morgan fingerprint density at radius 2 is 1.95 bits per heavy atom. The molecule has 1 saturated heterocycles. The summed E-state index contributed by atoms with van der Waals surface area (Å²) in [7, 11) is 0. The molecule has 4 heteroatoms. The fourth-order valence-electron chi connectivity index (χ4n) is 3.12. The maximum absolute atomic E-state index is 12.5. The summed E-state index contributed by atoms with van der Waals surface area (Å²) < 4.78 is 0. The zero-order valence-electron chi connectivity index (χ0n) is 12.9. The molecule has 3 unspecified atom stereocenters. The van der Waals surface area contributed by atoms with Crippen molar-refractivity contribution in [2.24, 2.45) is 0 Å². The van der Waals surface area contributed by atoms with Crippen LogP contribution < -0.4 is 0 Å². The first kappa shape index (κ1) is 16.4. The van der Waals surface area contributed by atoms with Crippen molar-refractivity contribution in [3.8, 4) is 0 Å². The van der Waals surface area contributed by atoms with E-state index in [2.05, 4.69) is 4.90 Å². The fourth-order valence-corrected chi connectivity index (χ4v) is 3.12. The zero-order valence-corrected chi connectivity index (χ0v) is 12.9. The summed E-state index contributed by atoms with van der Waals surface area (Å²) in [5.74, 6) is 0.225. The predicted octanol–water partition coefficient (Wildman–Crippen LogP) is 1.87. The number of likely N-dealkylation sites (tertiary alicyclic amines) is 1. The van der Waals surface area contributed by atoms with Gasteiger partial charge in [0.05, 0.1) is 12.1 Å². The number of nitrogens with zero attached hydrogens (tertiary/aromatic N) is 2. The van der Waals surface area contributed by atoms with Crippen LogP contribution in [-0.2, 0) is 4.79 Å². The summed E-state index contributed by atoms with van der Waals surface area (Å²) in [6.45, 7) is 10.4. The van der Waals surface area contributed by atoms with Crippen LogP contribution in [0.25, 0.3) is 0 Å². The van der Waals surface area contributed by atoms with Gasteiger partial charge in [-0.3, -0.25) is 9.69 Å². The average molecular weight is 270 g/mol. The molecule has 19 heavy (non-hydrogen) atoms. The minimum atomic E-state index is -0.290. The van der Waals surface area contributed by atoms with Gasteiger partial charge in [0.15, 0.2) is 0 Å². The van der Waals surface area contributed by atoms with Crippen molar-refractivity contribution in [3.05, 3.63) is 0 Å². The van der Waals surface area contributed by atoms with Crippen LogP contribution in [0.3, 0.4) is 0 Å². The molecule has 0 aliphatic carbocycles. The van der Waals surface area contributed by atoms with Crippen LogP contribution in [0, 0.1) is 0 Å². The Morgan fingerprint density at radius 1 is 1.32 bits per heavy atom. The van der Waals surface area contributed by atoms with Gasteiger partial charge in [-0.1, -0.05) is 6.42 Å². The summed E-state index contributed by atoms with van der Waals surface area (Å²) in [5.41, 5.74) is 0. The predicted molar refractivity (Wildman–Crippen MR) is 78.0 cm³/mol. The summed E-state index contributed by atoms with van der Waals surface area (Å²) >= 11 is 0. The first-order chi connectivity index (χ1) is 9.01. The second-order valence-corrected chi connectivity index (χ2v) is 5.66. The Morgan fingerprint density at radius 3 is 2.47 bits per heavy atom. The molecule has 1 aliphatic heterocycles. The number of amides is 1. The Bertz CT molecular complexity index is 277. The van der Waals surface area contributed by atoms with E-state index in [1.807, 2.05) is 32.6 Å². The number of carbonyl (C=O) groups excluding carboxylic acids is 1. The first-order valence-corrected chi connectivity index (χ1v) is 7.73. The van der Waals surface area contributed by atoms with Gasteiger partial charge in [0.1, 0.15) is 0 Å². The number of rotatable bonds is 6. The lowest BCUT2D eigenvalue weighted by Crippen LogP contribution is -2.53. The van der Waals surface area contributed by atoms with Crippen LogP contribution in [0.5, 0.6) is 0 Å². The molecule has 1 heterocycles. The van der Waals surface area contributed by atoms with Gasteiger partial charge in [0.2, 0.25) is 5.91 Å². The molecule has 0 aromatic rings. The molecule has 1 rings (SSSR count). The Labute approximate surface area is 117 Å². The monoisotopic (exact) mass is 270 g/mol. The minimum absolute atomic E-state index is 0.0658. The number of hydrogen-bond donors (Lipinski definition) is 1. The Kier molecular flexibility index (Phi) is 6.80. The van der Waals surface area contributed by atoms with Crippen LogP contribution in [0.15, 0.2) is 0 Å². The number of piperidine rings is 1. The van der Waals surface area contributed by atoms with E-state index in [9.17, 15) is 9.90 Å². The molecule has 0 aromatic heterocycles. The van der Waals surface area contributed by atoms with Crippen LogP contribution in [0.4, 0.5) is 0 Å². The van der Waals surface area contributed by atoms with E-state index in [0.29, 0.717) is 6.04 Å². The van der Waals surface area contributed by atoms with E-state index in [1.54, 1.807) is 0 Å². The van der Waals surface area contributed by atoms with Gasteiger partial charge >= 0.3 is 0 Å². The highest BCUT2D eigenvalue weighted by Gasteiger charge is 2.32. The lowest BCUT2D eigenvalue weighted by atomic mass is 9.95. The number of hydrogen-bond acceptors (Lipinski definition) is 3. The molecule has 0 radical (unpaired) electrons. The van der Waals surface area contributed by atoms with Crippen molar-refractivity contribution in [2.75, 3.05) is 19.6 Å². The lowest BCUT2D eigenvalue weighted by Gasteiger charge is -2.41. The van der Waals surface area contributed by atoms with Gasteiger partial charge in [-0.15, -0.1) is 0 Å². The lowest BCUT2D eigenvalue weighted by molar-refractivity contribution is -0.138. The quantitative estimate of drug-likeness (QED) is 0.801. The number of carbonyl (C=O) groups is 1. The zero-order chi connectivity index (χ0) is 14.4. The third-order valence-electron chi connectivity index (χ3n) is 4.22. The van der Waals surface area contributed by atoms with E-state index in [1.165, 1.54) is 6.42 Å². The number of likely N-dealkylation sites (N-methyl/N-ethyl adjacent to an activating group) is 1. The van der Waals surface area contributed by atoms with Crippen LogP contribution in [0.1, 0.15) is 53.4 Å². The molecular weight excluding hydrogens is 240 g/mol. The van der Waals surface area contributed by atoms with Crippen LogP contribution in [0.2, 0.25) is 0 Å². The molecule has 0 spiro atoms. The van der Waals surface area contributed by atoms with Crippen LogP contribution >= 0.6 is 0 Å². The Hall–Kier alpha value is -0.610. The molecule has 1 aliphatic rings. The highest BCUT2D eigenvalue weighted by Crippen LogP contribution is 2.24. The second kappa shape index (κ2) is 7.85. The average Bonchev–Trinajstić information content (AvgIpc) is 2.39. The van der Waals surface area contributed by atoms with E-state index in [4.69, 9.17) is 0 Å². The van der Waals surface area contributed by atoms with Crippen molar-refractivity contribution in [1.82, 2.24) is 9.80 Å². The summed E-state index contributed by atoms with van der Waals surface area (Å²) in [6, 6.07) is 0.284. The van der Waals surface area contributed by atoms with Crippen molar-refractivity contribution in [1.29, 1.82) is 0 Å². The number of aliphatic hydroxyl groups is 1. The van der Waals surface area contributed by atoms with Gasteiger partial charge in [0, 0.05) is 19.1 Å². The molecule has 112 valence electrons. The largest absolute Gasteiger partial charge is 0.393 e. The molecule has 4 nitrogen and oxygen atoms in total. The molecule has 1 amide bonds. The molecular formula is C15H30N2O2. The molecule has 1 N–H and O–H groups in total. The van der Waals surface area contributed by atoms with E-state index < -0.39 is 0 Å². The highest BCUT2D eigenvalue weighted by atomic mass is 16.3. The SMILES string of the molecule is CCN(CC)C(=O)C(C)N1CCCCC1CC(C)O. The van der Waals surface area contributed by atoms with Gasteiger partial charge < -0.3 is 10.0 Å². The smallest absolute Gasteiger partial charge is 0.239 e. The first-order valence-electron chi connectivity index (χ1n) is 7.73. The number of aliphatic hydroxyl groups excluding tert-OH is 1. The third kappa shape index (κ3) is 4.46. The summed E-state index contributed by atoms with van der Waals surface area (Å²) in [4.78, 5) is 16.7. The van der Waals surface area contributed by atoms with E-state index >= 15 is 0 Å². The minimum Gasteiger partial charge on any atom is -0.393 e. The molecule has 1 fully saturated rings. The van der Waals surface area contributed by atoms with Gasteiger partial charge in [-0.05, 0) is 53.5 Å². The van der Waals surface area contributed by atoms with Crippen molar-refractivity contribution < 1.29 is 9.90 Å². The standard InChI is InChI=1S/C15H30N2O2/c1-5-16(6-2)15(19)13(4)17-10-8-7-9-14(17)11-12(3)18/h12-14,18H,5-11H2,1-4H3. The topological polar surface area (TPSA) is 43.8 Å². The third-order valence-corrected chi connectivity index (χ3v) is 4.22. The molecule has 0 aromatic carbocycles. The van der Waals surface area contributed by atoms with Gasteiger partial charge in [-0.2, -0.15) is 0 Å². The maximum Gasteiger partial charge on any atom is 0.239 e. The summed E-state index contributed by atoms with van der Waals surface area (Å²) in [5, 5.41) is 9.62. The summed E-state index contributed by atoms with van der Waals surface area (Å²) in [6.07, 6.45) is 3.95. The fraction of sp³-hybridized carbons (Fsp3) is 0.933. The van der Waals surface area contributed by atoms with E-state index in [-0.39, 0.29) is 18.1 Å². The molecule has 0 saturated carbocycles. The van der Waals surface area contributed by atoms with Gasteiger partial charge in [-0.25, -0.2) is 0 Å². The second-order valence-electron chi connectivity index (χ2n) is 5.66.